The van der Waals surface area contributed by atoms with Crippen LogP contribution in [-0.4, -0.2) is 38.4 Å². The summed E-state index contributed by atoms with van der Waals surface area (Å²) in [5.74, 6) is 0.144. The van der Waals surface area contributed by atoms with Crippen LogP contribution >= 0.6 is 15.9 Å². The van der Waals surface area contributed by atoms with E-state index in [0.717, 1.165) is 48.9 Å². The normalized spacial score (nSPS) is 22.2. The Labute approximate surface area is 139 Å². The summed E-state index contributed by atoms with van der Waals surface area (Å²) < 4.78 is 11.9. The SMILES string of the molecule is O=C(NC1CCOCC1)C1(c2ccc(Br)cc2)CCOCC1. The van der Waals surface area contributed by atoms with Crippen molar-refractivity contribution in [1.29, 1.82) is 0 Å². The Morgan fingerprint density at radius 1 is 1.05 bits per heavy atom. The van der Waals surface area contributed by atoms with Gasteiger partial charge in [0.25, 0.3) is 0 Å². The Balaban J connectivity index is 1.81. The van der Waals surface area contributed by atoms with Gasteiger partial charge in [0.15, 0.2) is 0 Å². The van der Waals surface area contributed by atoms with Crippen LogP contribution in [0.1, 0.15) is 31.2 Å². The summed E-state index contributed by atoms with van der Waals surface area (Å²) in [4.78, 5) is 13.1. The molecule has 2 aliphatic rings. The molecule has 4 nitrogen and oxygen atoms in total. The van der Waals surface area contributed by atoms with Crippen LogP contribution in [0.4, 0.5) is 0 Å². The molecular weight excluding hydrogens is 346 g/mol. The first-order valence-electron chi connectivity index (χ1n) is 7.93. The number of benzene rings is 1. The smallest absolute Gasteiger partial charge is 0.231 e. The minimum absolute atomic E-state index is 0.144. The van der Waals surface area contributed by atoms with Crippen LogP contribution in [0.15, 0.2) is 28.7 Å². The van der Waals surface area contributed by atoms with E-state index in [1.54, 1.807) is 0 Å². The van der Waals surface area contributed by atoms with Gasteiger partial charge in [-0.25, -0.2) is 0 Å². The first-order valence-corrected chi connectivity index (χ1v) is 8.72. The highest BCUT2D eigenvalue weighted by atomic mass is 79.9. The standard InChI is InChI=1S/C17H22BrNO3/c18-14-3-1-13(2-4-14)17(7-11-22-12-8-17)16(20)19-15-5-9-21-10-6-15/h1-4,15H,5-12H2,(H,19,20). The van der Waals surface area contributed by atoms with Crippen molar-refractivity contribution in [3.05, 3.63) is 34.3 Å². The maximum absolute atomic E-state index is 13.1. The molecule has 0 spiro atoms. The van der Waals surface area contributed by atoms with Crippen LogP contribution in [0.5, 0.6) is 0 Å². The van der Waals surface area contributed by atoms with Crippen molar-refractivity contribution in [3.63, 3.8) is 0 Å². The molecule has 5 heteroatoms. The van der Waals surface area contributed by atoms with E-state index in [2.05, 4.69) is 33.4 Å². The molecule has 2 aliphatic heterocycles. The second-order valence-corrected chi connectivity index (χ2v) is 6.98. The molecule has 0 atom stereocenters. The zero-order chi connectivity index (χ0) is 15.4. The molecule has 0 aromatic heterocycles. The summed E-state index contributed by atoms with van der Waals surface area (Å²) in [5, 5.41) is 3.26. The van der Waals surface area contributed by atoms with Gasteiger partial charge in [-0.1, -0.05) is 28.1 Å². The third-order valence-electron chi connectivity index (χ3n) is 4.73. The molecule has 2 saturated heterocycles. The summed E-state index contributed by atoms with van der Waals surface area (Å²) in [6, 6.07) is 8.36. The largest absolute Gasteiger partial charge is 0.381 e. The molecule has 1 aromatic rings. The lowest BCUT2D eigenvalue weighted by Crippen LogP contribution is -2.52. The molecule has 2 fully saturated rings. The van der Waals surface area contributed by atoms with Crippen LogP contribution in [0.3, 0.4) is 0 Å². The van der Waals surface area contributed by atoms with E-state index >= 15 is 0 Å². The van der Waals surface area contributed by atoms with Crippen LogP contribution in [0.25, 0.3) is 0 Å². The van der Waals surface area contributed by atoms with E-state index in [4.69, 9.17) is 9.47 Å². The van der Waals surface area contributed by atoms with Crippen molar-refractivity contribution in [2.45, 2.75) is 37.1 Å². The Morgan fingerprint density at radius 3 is 2.27 bits per heavy atom. The van der Waals surface area contributed by atoms with Gasteiger partial charge in [0.2, 0.25) is 5.91 Å². The second-order valence-electron chi connectivity index (χ2n) is 6.06. The maximum atomic E-state index is 13.1. The Hall–Kier alpha value is -0.910. The minimum atomic E-state index is -0.461. The quantitative estimate of drug-likeness (QED) is 0.893. The number of amides is 1. The number of hydrogen-bond acceptors (Lipinski definition) is 3. The third-order valence-corrected chi connectivity index (χ3v) is 5.26. The fourth-order valence-corrected chi connectivity index (χ4v) is 3.57. The van der Waals surface area contributed by atoms with Crippen LogP contribution in [0, 0.1) is 0 Å². The predicted molar refractivity (Wildman–Crippen MR) is 87.9 cm³/mol. The summed E-state index contributed by atoms with van der Waals surface area (Å²) in [7, 11) is 0. The number of carbonyl (C=O) groups excluding carboxylic acids is 1. The van der Waals surface area contributed by atoms with Crippen molar-refractivity contribution in [2.75, 3.05) is 26.4 Å². The molecule has 0 aliphatic carbocycles. The molecule has 0 bridgehead atoms. The van der Waals surface area contributed by atoms with E-state index in [1.807, 2.05) is 12.1 Å². The van der Waals surface area contributed by atoms with Gasteiger partial charge in [0.05, 0.1) is 5.41 Å². The predicted octanol–water partition coefficient (Wildman–Crippen LogP) is 2.79. The number of carbonyl (C=O) groups is 1. The van der Waals surface area contributed by atoms with Gasteiger partial charge in [-0.15, -0.1) is 0 Å². The molecule has 0 radical (unpaired) electrons. The second kappa shape index (κ2) is 7.11. The Morgan fingerprint density at radius 2 is 1.64 bits per heavy atom. The van der Waals surface area contributed by atoms with Gasteiger partial charge >= 0.3 is 0 Å². The van der Waals surface area contributed by atoms with Gasteiger partial charge < -0.3 is 14.8 Å². The van der Waals surface area contributed by atoms with Crippen molar-refractivity contribution in [3.8, 4) is 0 Å². The Bertz CT molecular complexity index is 505. The number of hydrogen-bond donors (Lipinski definition) is 1. The number of halogens is 1. The molecule has 0 saturated carbocycles. The molecule has 120 valence electrons. The summed E-state index contributed by atoms with van der Waals surface area (Å²) in [6.07, 6.45) is 3.28. The van der Waals surface area contributed by atoms with E-state index in [1.165, 1.54) is 0 Å². The third kappa shape index (κ3) is 3.36. The van der Waals surface area contributed by atoms with Gasteiger partial charge in [-0.05, 0) is 43.4 Å². The van der Waals surface area contributed by atoms with Crippen molar-refractivity contribution in [2.24, 2.45) is 0 Å². The molecule has 3 rings (SSSR count). The summed E-state index contributed by atoms with van der Waals surface area (Å²) in [5.41, 5.74) is 0.626. The zero-order valence-electron chi connectivity index (χ0n) is 12.6. The zero-order valence-corrected chi connectivity index (χ0v) is 14.2. The Kier molecular flexibility index (Phi) is 5.16. The van der Waals surface area contributed by atoms with Crippen molar-refractivity contribution < 1.29 is 14.3 Å². The molecule has 1 N–H and O–H groups in total. The van der Waals surface area contributed by atoms with Gasteiger partial charge in [0, 0.05) is 36.9 Å². The van der Waals surface area contributed by atoms with Crippen LogP contribution in [0.2, 0.25) is 0 Å². The molecule has 22 heavy (non-hydrogen) atoms. The van der Waals surface area contributed by atoms with E-state index in [-0.39, 0.29) is 11.9 Å². The first-order chi connectivity index (χ1) is 10.7. The van der Waals surface area contributed by atoms with Crippen LogP contribution in [-0.2, 0) is 19.7 Å². The van der Waals surface area contributed by atoms with Gasteiger partial charge in [-0.2, -0.15) is 0 Å². The van der Waals surface area contributed by atoms with E-state index in [9.17, 15) is 4.79 Å². The average molecular weight is 368 g/mol. The molecule has 0 unspecified atom stereocenters. The number of rotatable bonds is 3. The van der Waals surface area contributed by atoms with E-state index < -0.39 is 5.41 Å². The van der Waals surface area contributed by atoms with Crippen molar-refractivity contribution >= 4 is 21.8 Å². The number of ether oxygens (including phenoxy) is 2. The summed E-state index contributed by atoms with van der Waals surface area (Å²) in [6.45, 7) is 2.74. The minimum Gasteiger partial charge on any atom is -0.381 e. The fraction of sp³-hybridized carbons (Fsp3) is 0.588. The molecule has 1 amide bonds. The maximum Gasteiger partial charge on any atom is 0.231 e. The van der Waals surface area contributed by atoms with E-state index in [0.29, 0.717) is 13.2 Å². The molecular formula is C17H22BrNO3. The molecule has 2 heterocycles. The highest BCUT2D eigenvalue weighted by molar-refractivity contribution is 9.10. The monoisotopic (exact) mass is 367 g/mol. The highest BCUT2D eigenvalue weighted by Gasteiger charge is 2.42. The average Bonchev–Trinajstić information content (AvgIpc) is 2.57. The van der Waals surface area contributed by atoms with Gasteiger partial charge in [0.1, 0.15) is 0 Å². The summed E-state index contributed by atoms with van der Waals surface area (Å²) >= 11 is 3.46. The van der Waals surface area contributed by atoms with Crippen molar-refractivity contribution in [1.82, 2.24) is 5.32 Å². The lowest BCUT2D eigenvalue weighted by Gasteiger charge is -2.38. The van der Waals surface area contributed by atoms with Gasteiger partial charge in [-0.3, -0.25) is 4.79 Å². The fourth-order valence-electron chi connectivity index (χ4n) is 3.30. The lowest BCUT2D eigenvalue weighted by atomic mass is 9.73. The highest BCUT2D eigenvalue weighted by Crippen LogP contribution is 2.36. The topological polar surface area (TPSA) is 47.6 Å². The molecule has 1 aromatic carbocycles. The van der Waals surface area contributed by atoms with Crippen LogP contribution < -0.4 is 5.32 Å². The lowest BCUT2D eigenvalue weighted by molar-refractivity contribution is -0.131. The first kappa shape index (κ1) is 16.0. The number of nitrogens with one attached hydrogen (secondary N) is 1.